The Kier molecular flexibility index (Phi) is 4.52. The van der Waals surface area contributed by atoms with Gasteiger partial charge in [0.05, 0.1) is 5.60 Å². The van der Waals surface area contributed by atoms with Crippen LogP contribution >= 0.6 is 34.8 Å². The summed E-state index contributed by atoms with van der Waals surface area (Å²) in [6.45, 7) is 3.44. The minimum atomic E-state index is -2.05. The van der Waals surface area contributed by atoms with Crippen LogP contribution in [0.1, 0.15) is 13.8 Å². The van der Waals surface area contributed by atoms with Crippen molar-refractivity contribution in [2.75, 3.05) is 7.11 Å². The Labute approximate surface area is 136 Å². The smallest absolute Gasteiger partial charge is 0.444 e. The lowest BCUT2D eigenvalue weighted by Crippen LogP contribution is -2.62. The van der Waals surface area contributed by atoms with Crippen molar-refractivity contribution in [1.82, 2.24) is 0 Å². The van der Waals surface area contributed by atoms with E-state index in [1.54, 1.807) is 13.8 Å². The maximum Gasteiger partial charge on any atom is 0.509 e. The Morgan fingerprint density at radius 2 is 1.86 bits per heavy atom. The molecule has 2 aliphatic rings. The molecule has 0 bridgehead atoms. The number of carbonyl (C=O) groups excluding carboxylic acids is 1. The van der Waals surface area contributed by atoms with Crippen molar-refractivity contribution < 1.29 is 28.5 Å². The molecule has 0 aromatic rings. The molecule has 21 heavy (non-hydrogen) atoms. The van der Waals surface area contributed by atoms with E-state index in [4.69, 9.17) is 63.9 Å². The first-order chi connectivity index (χ1) is 9.56. The van der Waals surface area contributed by atoms with Gasteiger partial charge in [-0.15, -0.1) is 0 Å². The van der Waals surface area contributed by atoms with Crippen LogP contribution in [-0.4, -0.2) is 53.2 Å². The number of rotatable bonds is 2. The molecular weight excluding hydrogens is 348 g/mol. The normalized spacial score (nSPS) is 34.7. The molecule has 0 aromatic heterocycles. The van der Waals surface area contributed by atoms with E-state index in [9.17, 15) is 4.79 Å². The minimum absolute atomic E-state index is 0.573. The number of nitrogens with one attached hydrogen (secondary N) is 1. The molecule has 2 unspecified atom stereocenters. The van der Waals surface area contributed by atoms with Gasteiger partial charge in [0, 0.05) is 7.11 Å². The van der Waals surface area contributed by atoms with Crippen LogP contribution in [0.5, 0.6) is 0 Å². The first-order valence-electron chi connectivity index (χ1n) is 5.96. The zero-order valence-corrected chi connectivity index (χ0v) is 13.7. The predicted molar refractivity (Wildman–Crippen MR) is 74.0 cm³/mol. The van der Waals surface area contributed by atoms with E-state index in [-0.39, 0.29) is 0 Å². The lowest BCUT2D eigenvalue weighted by molar-refractivity contribution is -0.287. The van der Waals surface area contributed by atoms with E-state index in [1.807, 2.05) is 0 Å². The first-order valence-corrected chi connectivity index (χ1v) is 7.10. The molecule has 2 fully saturated rings. The van der Waals surface area contributed by atoms with E-state index >= 15 is 0 Å². The maximum absolute atomic E-state index is 11.4. The molecule has 4 atom stereocenters. The Hall–Kier alpha value is -0.470. The van der Waals surface area contributed by atoms with Crippen molar-refractivity contribution in [1.29, 1.82) is 5.41 Å². The van der Waals surface area contributed by atoms with Gasteiger partial charge in [-0.1, -0.05) is 34.8 Å². The summed E-state index contributed by atoms with van der Waals surface area (Å²) in [6.07, 6.45) is -4.27. The summed E-state index contributed by atoms with van der Waals surface area (Å²) in [4.78, 5) is 11.4. The highest BCUT2D eigenvalue weighted by Gasteiger charge is 2.59. The molecule has 0 saturated carbocycles. The number of fused-ring (bicyclic) bond motifs is 1. The maximum atomic E-state index is 11.4. The second-order valence-electron chi connectivity index (χ2n) is 5.11. The SMILES string of the molecule is CO[C@@H]1[C@H]2OC(=O)OC2C(OC(=N)C(Cl)(Cl)Cl)OC1(C)C. The number of halogens is 3. The van der Waals surface area contributed by atoms with Crippen LogP contribution in [0.15, 0.2) is 0 Å². The second-order valence-corrected chi connectivity index (χ2v) is 7.39. The standard InChI is InChI=1S/C11H14Cl3NO6/c1-10(2)6(17-3)4-5(19-9(16)18-4)7(21-10)20-8(15)11(12,13)14/h4-7,15H,1-3H3/t4-,5?,6+,7?/m0/s1. The summed E-state index contributed by atoms with van der Waals surface area (Å²) in [7, 11) is 1.46. The number of alkyl halides is 3. The van der Waals surface area contributed by atoms with Gasteiger partial charge in [-0.3, -0.25) is 5.41 Å². The summed E-state index contributed by atoms with van der Waals surface area (Å²) in [6, 6.07) is 0. The summed E-state index contributed by atoms with van der Waals surface area (Å²) in [5.41, 5.74) is -0.873. The average Bonchev–Trinajstić information content (AvgIpc) is 2.68. The molecule has 0 aromatic carbocycles. The Balaban J connectivity index is 2.22. The lowest BCUT2D eigenvalue weighted by atomic mass is 9.89. The fraction of sp³-hybridized carbons (Fsp3) is 0.818. The van der Waals surface area contributed by atoms with E-state index in [0.717, 1.165) is 0 Å². The third-order valence-corrected chi connectivity index (χ3v) is 3.72. The highest BCUT2D eigenvalue weighted by Crippen LogP contribution is 2.39. The van der Waals surface area contributed by atoms with Crippen LogP contribution in [0, 0.1) is 5.41 Å². The number of carbonyl (C=O) groups is 1. The zero-order valence-electron chi connectivity index (χ0n) is 11.4. The Morgan fingerprint density at radius 3 is 2.38 bits per heavy atom. The molecule has 0 spiro atoms. The van der Waals surface area contributed by atoms with Crippen molar-refractivity contribution >= 4 is 46.9 Å². The van der Waals surface area contributed by atoms with Crippen molar-refractivity contribution in [3.05, 3.63) is 0 Å². The summed E-state index contributed by atoms with van der Waals surface area (Å²) >= 11 is 16.7. The molecule has 2 aliphatic heterocycles. The lowest BCUT2D eigenvalue weighted by Gasteiger charge is -2.45. The number of methoxy groups -OCH3 is 1. The van der Waals surface area contributed by atoms with Gasteiger partial charge in [-0.2, -0.15) is 0 Å². The molecule has 10 heteroatoms. The highest BCUT2D eigenvalue weighted by atomic mass is 35.6. The van der Waals surface area contributed by atoms with Crippen LogP contribution in [0.2, 0.25) is 0 Å². The second kappa shape index (κ2) is 5.62. The van der Waals surface area contributed by atoms with Gasteiger partial charge in [0.25, 0.3) is 3.79 Å². The van der Waals surface area contributed by atoms with E-state index in [1.165, 1.54) is 7.11 Å². The molecule has 7 nitrogen and oxygen atoms in total. The topological polar surface area (TPSA) is 87.1 Å². The predicted octanol–water partition coefficient (Wildman–Crippen LogP) is 2.40. The molecule has 2 heterocycles. The third kappa shape index (κ3) is 3.32. The van der Waals surface area contributed by atoms with Crippen LogP contribution in [0.25, 0.3) is 0 Å². The van der Waals surface area contributed by atoms with Crippen LogP contribution in [0.3, 0.4) is 0 Å². The van der Waals surface area contributed by atoms with Crippen molar-refractivity contribution in [2.45, 2.75) is 47.8 Å². The van der Waals surface area contributed by atoms with Gasteiger partial charge in [-0.05, 0) is 13.8 Å². The quantitative estimate of drug-likeness (QED) is 0.351. The number of hydrogen-bond acceptors (Lipinski definition) is 7. The fourth-order valence-electron chi connectivity index (χ4n) is 2.35. The van der Waals surface area contributed by atoms with Crippen molar-refractivity contribution in [3.63, 3.8) is 0 Å². The van der Waals surface area contributed by atoms with Gasteiger partial charge in [-0.25, -0.2) is 4.79 Å². The molecule has 120 valence electrons. The van der Waals surface area contributed by atoms with Gasteiger partial charge < -0.3 is 23.7 Å². The largest absolute Gasteiger partial charge is 0.509 e. The summed E-state index contributed by atoms with van der Waals surface area (Å²) < 4.78 is 24.2. The Bertz CT molecular complexity index is 452. The van der Waals surface area contributed by atoms with Gasteiger partial charge >= 0.3 is 6.16 Å². The van der Waals surface area contributed by atoms with E-state index in [2.05, 4.69) is 0 Å². The van der Waals surface area contributed by atoms with Crippen molar-refractivity contribution in [3.8, 4) is 0 Å². The molecule has 1 N–H and O–H groups in total. The zero-order chi connectivity index (χ0) is 16.0. The summed E-state index contributed by atoms with van der Waals surface area (Å²) in [5.74, 6) is -0.647. The summed E-state index contributed by atoms with van der Waals surface area (Å²) in [5, 5.41) is 7.59. The highest BCUT2D eigenvalue weighted by molar-refractivity contribution is 6.76. The monoisotopic (exact) mass is 361 g/mol. The van der Waals surface area contributed by atoms with Crippen LogP contribution in [0.4, 0.5) is 4.79 Å². The molecule has 2 rings (SSSR count). The molecule has 0 amide bonds. The van der Waals surface area contributed by atoms with Crippen LogP contribution < -0.4 is 0 Å². The van der Waals surface area contributed by atoms with E-state index < -0.39 is 46.0 Å². The fourth-order valence-corrected chi connectivity index (χ4v) is 2.48. The minimum Gasteiger partial charge on any atom is -0.444 e. The number of hydrogen-bond donors (Lipinski definition) is 1. The number of ether oxygens (including phenoxy) is 5. The first kappa shape index (κ1) is 16.9. The molecular formula is C11H14Cl3NO6. The molecule has 0 radical (unpaired) electrons. The van der Waals surface area contributed by atoms with E-state index in [0.29, 0.717) is 0 Å². The van der Waals surface area contributed by atoms with Gasteiger partial charge in [0.15, 0.2) is 6.10 Å². The van der Waals surface area contributed by atoms with Crippen molar-refractivity contribution in [2.24, 2.45) is 0 Å². The van der Waals surface area contributed by atoms with Crippen LogP contribution in [-0.2, 0) is 23.7 Å². The Morgan fingerprint density at radius 1 is 1.29 bits per heavy atom. The van der Waals surface area contributed by atoms with Gasteiger partial charge in [0.2, 0.25) is 18.3 Å². The molecule has 0 aliphatic carbocycles. The van der Waals surface area contributed by atoms with Gasteiger partial charge in [0.1, 0.15) is 6.10 Å². The molecule has 2 saturated heterocycles. The average molecular weight is 363 g/mol. The third-order valence-electron chi connectivity index (χ3n) is 3.21.